The molecule has 30 heavy (non-hydrogen) atoms. The van der Waals surface area contributed by atoms with E-state index in [-0.39, 0.29) is 5.91 Å². The molecule has 3 rings (SSSR count). The molecule has 2 aromatic carbocycles. The second-order valence-corrected chi connectivity index (χ2v) is 7.28. The van der Waals surface area contributed by atoms with E-state index in [2.05, 4.69) is 46.7 Å². The summed E-state index contributed by atoms with van der Waals surface area (Å²) in [5, 5.41) is 10.9. The van der Waals surface area contributed by atoms with Crippen molar-refractivity contribution in [1.82, 2.24) is 15.6 Å². The summed E-state index contributed by atoms with van der Waals surface area (Å²) < 4.78 is 5.28. The molecule has 3 aromatic rings. The minimum atomic E-state index is -0.355. The fourth-order valence-corrected chi connectivity index (χ4v) is 3.02. The number of aromatic nitrogens is 2. The molecule has 6 heteroatoms. The van der Waals surface area contributed by atoms with Crippen LogP contribution in [0.3, 0.4) is 0 Å². The number of hydrazone groups is 1. The number of amides is 1. The lowest BCUT2D eigenvalue weighted by Crippen LogP contribution is -2.17. The van der Waals surface area contributed by atoms with E-state index in [1.807, 2.05) is 42.5 Å². The fraction of sp³-hybridized carbons (Fsp3) is 0.208. The van der Waals surface area contributed by atoms with Crippen molar-refractivity contribution in [2.24, 2.45) is 11.0 Å². The van der Waals surface area contributed by atoms with Crippen molar-refractivity contribution in [3.63, 3.8) is 0 Å². The van der Waals surface area contributed by atoms with E-state index >= 15 is 0 Å². The number of carbonyl (C=O) groups is 1. The zero-order chi connectivity index (χ0) is 21.3. The number of nitrogens with zero attached hydrogens (tertiary/aromatic N) is 2. The standard InChI is InChI=1S/C24H26N4O2/c1-17(2)15-18-10-12-19(13-11-18)21-16-22(27-26-21)24(29)28-25-14-6-8-20-7-4-5-9-23(20)30-3/h4-14,16-17H,15H2,1-3H3,(H,26,27)(H,28,29)/b8-6+,25-14+. The van der Waals surface area contributed by atoms with E-state index in [9.17, 15) is 4.79 Å². The quantitative estimate of drug-likeness (QED) is 0.423. The summed E-state index contributed by atoms with van der Waals surface area (Å²) in [6, 6.07) is 17.6. The smallest absolute Gasteiger partial charge is 0.289 e. The lowest BCUT2D eigenvalue weighted by atomic mass is 10.0. The molecule has 1 aromatic heterocycles. The van der Waals surface area contributed by atoms with Crippen molar-refractivity contribution >= 4 is 18.2 Å². The van der Waals surface area contributed by atoms with Gasteiger partial charge < -0.3 is 4.74 Å². The van der Waals surface area contributed by atoms with Gasteiger partial charge in [-0.15, -0.1) is 0 Å². The molecule has 6 nitrogen and oxygen atoms in total. The highest BCUT2D eigenvalue weighted by atomic mass is 16.5. The van der Waals surface area contributed by atoms with E-state index in [1.54, 1.807) is 19.3 Å². The van der Waals surface area contributed by atoms with Crippen molar-refractivity contribution in [3.05, 3.63) is 77.5 Å². The average Bonchev–Trinajstić information content (AvgIpc) is 3.24. The SMILES string of the molecule is COc1ccccc1/C=C/C=N/NC(=O)c1cc(-c2ccc(CC(C)C)cc2)n[nH]1. The zero-order valence-electron chi connectivity index (χ0n) is 17.4. The minimum absolute atomic E-state index is 0.349. The molecular formula is C24H26N4O2. The first-order valence-corrected chi connectivity index (χ1v) is 9.84. The number of aromatic amines is 1. The number of para-hydroxylation sites is 1. The number of nitrogens with one attached hydrogen (secondary N) is 2. The van der Waals surface area contributed by atoms with Crippen LogP contribution in [0, 0.1) is 5.92 Å². The highest BCUT2D eigenvalue weighted by Crippen LogP contribution is 2.20. The van der Waals surface area contributed by atoms with Gasteiger partial charge in [0, 0.05) is 17.3 Å². The Kier molecular flexibility index (Phi) is 7.16. The van der Waals surface area contributed by atoms with Crippen LogP contribution in [-0.4, -0.2) is 29.4 Å². The van der Waals surface area contributed by atoms with Crippen LogP contribution in [0.1, 0.15) is 35.5 Å². The van der Waals surface area contributed by atoms with Crippen molar-refractivity contribution in [1.29, 1.82) is 0 Å². The van der Waals surface area contributed by atoms with E-state index < -0.39 is 0 Å². The molecule has 154 valence electrons. The van der Waals surface area contributed by atoms with Gasteiger partial charge in [-0.25, -0.2) is 5.43 Å². The Morgan fingerprint density at radius 2 is 1.97 bits per heavy atom. The lowest BCUT2D eigenvalue weighted by molar-refractivity contribution is 0.0950. The van der Waals surface area contributed by atoms with Crippen LogP contribution in [0.2, 0.25) is 0 Å². The Bertz CT molecular complexity index is 1030. The van der Waals surface area contributed by atoms with Crippen LogP contribution >= 0.6 is 0 Å². The molecule has 1 amide bonds. The van der Waals surface area contributed by atoms with Crippen molar-refractivity contribution in [3.8, 4) is 17.0 Å². The van der Waals surface area contributed by atoms with Gasteiger partial charge in [-0.2, -0.15) is 10.2 Å². The highest BCUT2D eigenvalue weighted by Gasteiger charge is 2.10. The molecule has 0 saturated heterocycles. The largest absolute Gasteiger partial charge is 0.496 e. The number of methoxy groups -OCH3 is 1. The van der Waals surface area contributed by atoms with Gasteiger partial charge in [-0.1, -0.05) is 56.3 Å². The zero-order valence-corrected chi connectivity index (χ0v) is 17.4. The Labute approximate surface area is 176 Å². The summed E-state index contributed by atoms with van der Waals surface area (Å²) in [5.74, 6) is 1.03. The van der Waals surface area contributed by atoms with Crippen molar-refractivity contribution in [2.45, 2.75) is 20.3 Å². The number of ether oxygens (including phenoxy) is 1. The van der Waals surface area contributed by atoms with Crippen LogP contribution in [0.4, 0.5) is 0 Å². The molecule has 0 spiro atoms. The molecule has 1 heterocycles. The Hall–Kier alpha value is -3.67. The third-order valence-corrected chi connectivity index (χ3v) is 4.46. The summed E-state index contributed by atoms with van der Waals surface area (Å²) in [6.07, 6.45) is 6.13. The van der Waals surface area contributed by atoms with Gasteiger partial charge in [0.25, 0.3) is 5.91 Å². The lowest BCUT2D eigenvalue weighted by Gasteiger charge is -2.05. The van der Waals surface area contributed by atoms with Gasteiger partial charge in [0.1, 0.15) is 11.4 Å². The van der Waals surface area contributed by atoms with E-state index in [4.69, 9.17) is 4.74 Å². The molecule has 0 radical (unpaired) electrons. The summed E-state index contributed by atoms with van der Waals surface area (Å²) >= 11 is 0. The van der Waals surface area contributed by atoms with Crippen LogP contribution in [-0.2, 0) is 6.42 Å². The molecule has 0 aliphatic rings. The first-order valence-electron chi connectivity index (χ1n) is 9.84. The third-order valence-electron chi connectivity index (χ3n) is 4.46. The van der Waals surface area contributed by atoms with Crippen LogP contribution in [0.15, 0.2) is 65.8 Å². The Morgan fingerprint density at radius 1 is 1.20 bits per heavy atom. The third kappa shape index (κ3) is 5.67. The average molecular weight is 402 g/mol. The topological polar surface area (TPSA) is 79.4 Å². The first kappa shape index (κ1) is 21.0. The summed E-state index contributed by atoms with van der Waals surface area (Å²) in [5.41, 5.74) is 6.73. The van der Waals surface area contributed by atoms with Crippen LogP contribution < -0.4 is 10.2 Å². The van der Waals surface area contributed by atoms with Gasteiger partial charge in [0.15, 0.2) is 0 Å². The molecule has 0 fully saturated rings. The number of carbonyl (C=O) groups excluding carboxylic acids is 1. The van der Waals surface area contributed by atoms with E-state index in [1.165, 1.54) is 11.8 Å². The highest BCUT2D eigenvalue weighted by molar-refractivity contribution is 5.94. The summed E-state index contributed by atoms with van der Waals surface area (Å²) in [7, 11) is 1.62. The van der Waals surface area contributed by atoms with Crippen molar-refractivity contribution < 1.29 is 9.53 Å². The monoisotopic (exact) mass is 402 g/mol. The molecule has 2 N–H and O–H groups in total. The molecule has 0 bridgehead atoms. The number of allylic oxidation sites excluding steroid dienone is 1. The van der Waals surface area contributed by atoms with E-state index in [0.717, 1.165) is 29.0 Å². The predicted octanol–water partition coefficient (Wildman–Crippen LogP) is 4.71. The maximum Gasteiger partial charge on any atom is 0.289 e. The summed E-state index contributed by atoms with van der Waals surface area (Å²) in [4.78, 5) is 12.3. The number of benzene rings is 2. The van der Waals surface area contributed by atoms with Gasteiger partial charge in [-0.3, -0.25) is 9.89 Å². The molecule has 0 saturated carbocycles. The number of hydrogen-bond acceptors (Lipinski definition) is 4. The fourth-order valence-electron chi connectivity index (χ4n) is 3.02. The number of rotatable bonds is 8. The van der Waals surface area contributed by atoms with Gasteiger partial charge in [0.05, 0.1) is 12.8 Å². The normalized spacial score (nSPS) is 11.5. The molecule has 0 aliphatic carbocycles. The Morgan fingerprint density at radius 3 is 2.70 bits per heavy atom. The van der Waals surface area contributed by atoms with Crippen molar-refractivity contribution in [2.75, 3.05) is 7.11 Å². The second-order valence-electron chi connectivity index (χ2n) is 7.28. The van der Waals surface area contributed by atoms with Gasteiger partial charge in [-0.05, 0) is 42.2 Å². The van der Waals surface area contributed by atoms with Gasteiger partial charge >= 0.3 is 0 Å². The molecule has 0 unspecified atom stereocenters. The Balaban J connectivity index is 1.57. The number of H-pyrrole nitrogens is 1. The number of hydrogen-bond donors (Lipinski definition) is 2. The molecule has 0 aliphatic heterocycles. The van der Waals surface area contributed by atoms with E-state index in [0.29, 0.717) is 11.6 Å². The molecule has 0 atom stereocenters. The minimum Gasteiger partial charge on any atom is -0.496 e. The second kappa shape index (κ2) is 10.2. The van der Waals surface area contributed by atoms with Crippen LogP contribution in [0.25, 0.3) is 17.3 Å². The maximum absolute atomic E-state index is 12.3. The van der Waals surface area contributed by atoms with Crippen LogP contribution in [0.5, 0.6) is 5.75 Å². The first-order chi connectivity index (χ1) is 14.6. The van der Waals surface area contributed by atoms with Gasteiger partial charge in [0.2, 0.25) is 0 Å². The predicted molar refractivity (Wildman–Crippen MR) is 121 cm³/mol. The maximum atomic E-state index is 12.3. The summed E-state index contributed by atoms with van der Waals surface area (Å²) in [6.45, 7) is 4.40. The molecular weight excluding hydrogens is 376 g/mol.